The van der Waals surface area contributed by atoms with Crippen LogP contribution >= 0.6 is 0 Å². The maximum atomic E-state index is 5.48. The van der Waals surface area contributed by atoms with Gasteiger partial charge in [-0.2, -0.15) is 0 Å². The van der Waals surface area contributed by atoms with Gasteiger partial charge in [0, 0.05) is 37.8 Å². The first kappa shape index (κ1) is 15.0. The van der Waals surface area contributed by atoms with Crippen molar-refractivity contribution in [2.45, 2.75) is 58.3 Å². The lowest BCUT2D eigenvalue weighted by Crippen LogP contribution is -2.37. The zero-order valence-electron chi connectivity index (χ0n) is 13.3. The third-order valence-corrected chi connectivity index (χ3v) is 4.71. The number of aromatic nitrogens is 1. The Hall–Kier alpha value is -0.910. The molecule has 1 aliphatic carbocycles. The van der Waals surface area contributed by atoms with Crippen molar-refractivity contribution < 1.29 is 4.52 Å². The van der Waals surface area contributed by atoms with Gasteiger partial charge in [-0.1, -0.05) is 19.0 Å². The normalized spacial score (nSPS) is 23.3. The van der Waals surface area contributed by atoms with Gasteiger partial charge in [-0.15, -0.1) is 0 Å². The van der Waals surface area contributed by atoms with E-state index < -0.39 is 0 Å². The lowest BCUT2D eigenvalue weighted by atomic mass is 10.2. The molecule has 1 saturated carbocycles. The molecule has 5 heteroatoms. The van der Waals surface area contributed by atoms with Gasteiger partial charge < -0.3 is 9.84 Å². The van der Waals surface area contributed by atoms with Crippen LogP contribution in [0.25, 0.3) is 0 Å². The van der Waals surface area contributed by atoms with Crippen LogP contribution in [0.5, 0.6) is 0 Å². The van der Waals surface area contributed by atoms with E-state index in [1.807, 2.05) is 0 Å². The lowest BCUT2D eigenvalue weighted by Gasteiger charge is -2.26. The van der Waals surface area contributed by atoms with Crippen LogP contribution in [0, 0.1) is 0 Å². The predicted molar refractivity (Wildman–Crippen MR) is 83.0 cm³/mol. The highest BCUT2D eigenvalue weighted by Crippen LogP contribution is 2.20. The van der Waals surface area contributed by atoms with E-state index in [-0.39, 0.29) is 0 Å². The minimum atomic E-state index is 0.707. The summed E-state index contributed by atoms with van der Waals surface area (Å²) in [7, 11) is 0. The summed E-state index contributed by atoms with van der Waals surface area (Å²) in [5.41, 5.74) is 1.04. The minimum absolute atomic E-state index is 0.707. The zero-order chi connectivity index (χ0) is 14.7. The van der Waals surface area contributed by atoms with Crippen molar-refractivity contribution in [3.05, 3.63) is 17.5 Å². The molecule has 0 spiro atoms. The Labute approximate surface area is 127 Å². The highest BCUT2D eigenvalue weighted by atomic mass is 16.5. The molecule has 2 fully saturated rings. The highest BCUT2D eigenvalue weighted by Gasteiger charge is 2.27. The van der Waals surface area contributed by atoms with E-state index >= 15 is 0 Å². The molecule has 0 aromatic carbocycles. The van der Waals surface area contributed by atoms with E-state index in [9.17, 15) is 0 Å². The van der Waals surface area contributed by atoms with Crippen LogP contribution in [-0.4, -0.2) is 53.2 Å². The average Bonchev–Trinajstić information content (AvgIpc) is 3.04. The van der Waals surface area contributed by atoms with Crippen molar-refractivity contribution in [2.24, 2.45) is 0 Å². The molecular formula is C16H28N4O. The van der Waals surface area contributed by atoms with Crippen LogP contribution in [-0.2, 0) is 13.1 Å². The van der Waals surface area contributed by atoms with Crippen molar-refractivity contribution in [1.29, 1.82) is 0 Å². The number of nitrogens with zero attached hydrogens (tertiary/aromatic N) is 3. The Bertz CT molecular complexity index is 439. The van der Waals surface area contributed by atoms with E-state index in [1.54, 1.807) is 0 Å². The van der Waals surface area contributed by atoms with Gasteiger partial charge in [-0.25, -0.2) is 0 Å². The van der Waals surface area contributed by atoms with E-state index in [0.29, 0.717) is 6.04 Å². The smallest absolute Gasteiger partial charge is 0.151 e. The van der Waals surface area contributed by atoms with Gasteiger partial charge in [0.1, 0.15) is 0 Å². The van der Waals surface area contributed by atoms with Crippen LogP contribution < -0.4 is 5.32 Å². The van der Waals surface area contributed by atoms with Gasteiger partial charge in [0.05, 0.1) is 12.2 Å². The molecule has 21 heavy (non-hydrogen) atoms. The molecule has 1 saturated heterocycles. The fourth-order valence-corrected chi connectivity index (χ4v) is 3.26. The molecule has 1 unspecified atom stereocenters. The standard InChI is InChI=1S/C16H28N4O/c1-3-20(4-2)15-7-8-19(11-15)12-16-9-14(18-21-16)10-17-13-5-6-13/h9,13,15,17H,3-8,10-12H2,1-2H3. The average molecular weight is 292 g/mol. The molecule has 118 valence electrons. The molecule has 1 atom stereocenters. The number of nitrogens with one attached hydrogen (secondary N) is 1. The van der Waals surface area contributed by atoms with E-state index in [2.05, 4.69) is 40.2 Å². The lowest BCUT2D eigenvalue weighted by molar-refractivity contribution is 0.202. The van der Waals surface area contributed by atoms with E-state index in [1.165, 1.54) is 19.3 Å². The SMILES string of the molecule is CCN(CC)C1CCN(Cc2cc(CNC3CC3)no2)C1. The monoisotopic (exact) mass is 292 g/mol. The number of likely N-dealkylation sites (N-methyl/N-ethyl adjacent to an activating group) is 1. The highest BCUT2D eigenvalue weighted by molar-refractivity contribution is 5.06. The van der Waals surface area contributed by atoms with Gasteiger partial charge in [0.25, 0.3) is 0 Å². The molecule has 0 radical (unpaired) electrons. The van der Waals surface area contributed by atoms with Crippen molar-refractivity contribution >= 4 is 0 Å². The van der Waals surface area contributed by atoms with Crippen molar-refractivity contribution in [2.75, 3.05) is 26.2 Å². The molecule has 2 aliphatic rings. The van der Waals surface area contributed by atoms with E-state index in [0.717, 1.165) is 56.8 Å². The minimum Gasteiger partial charge on any atom is -0.360 e. The second-order valence-electron chi connectivity index (χ2n) is 6.34. The summed E-state index contributed by atoms with van der Waals surface area (Å²) >= 11 is 0. The number of hydrogen-bond donors (Lipinski definition) is 1. The number of rotatable bonds is 8. The van der Waals surface area contributed by atoms with Crippen LogP contribution in [0.2, 0.25) is 0 Å². The first-order valence-electron chi connectivity index (χ1n) is 8.42. The van der Waals surface area contributed by atoms with Gasteiger partial charge in [-0.05, 0) is 32.4 Å². The fraction of sp³-hybridized carbons (Fsp3) is 0.812. The number of likely N-dealkylation sites (tertiary alicyclic amines) is 1. The third-order valence-electron chi connectivity index (χ3n) is 4.71. The Morgan fingerprint density at radius 2 is 2.14 bits per heavy atom. The summed E-state index contributed by atoms with van der Waals surface area (Å²) in [4.78, 5) is 5.05. The maximum Gasteiger partial charge on any atom is 0.151 e. The summed E-state index contributed by atoms with van der Waals surface area (Å²) in [6.07, 6.45) is 3.89. The molecule has 1 aromatic heterocycles. The first-order chi connectivity index (χ1) is 10.3. The van der Waals surface area contributed by atoms with Crippen LogP contribution in [0.4, 0.5) is 0 Å². The molecule has 0 amide bonds. The van der Waals surface area contributed by atoms with Crippen LogP contribution in [0.3, 0.4) is 0 Å². The molecule has 3 rings (SSSR count). The third kappa shape index (κ3) is 4.05. The van der Waals surface area contributed by atoms with Gasteiger partial charge in [0.2, 0.25) is 0 Å². The molecule has 1 aliphatic heterocycles. The quantitative estimate of drug-likeness (QED) is 0.792. The van der Waals surface area contributed by atoms with Gasteiger partial charge in [0.15, 0.2) is 5.76 Å². The molecule has 1 aromatic rings. The zero-order valence-corrected chi connectivity index (χ0v) is 13.3. The first-order valence-corrected chi connectivity index (χ1v) is 8.42. The molecule has 2 heterocycles. The number of hydrogen-bond acceptors (Lipinski definition) is 5. The van der Waals surface area contributed by atoms with Crippen molar-refractivity contribution in [3.8, 4) is 0 Å². The van der Waals surface area contributed by atoms with Crippen LogP contribution in [0.15, 0.2) is 10.6 Å². The Morgan fingerprint density at radius 1 is 1.33 bits per heavy atom. The Kier molecular flexibility index (Phi) is 4.93. The summed E-state index contributed by atoms with van der Waals surface area (Å²) in [6, 6.07) is 3.54. The second-order valence-corrected chi connectivity index (χ2v) is 6.34. The molecular weight excluding hydrogens is 264 g/mol. The second kappa shape index (κ2) is 6.90. The van der Waals surface area contributed by atoms with Crippen LogP contribution in [0.1, 0.15) is 44.6 Å². The van der Waals surface area contributed by atoms with Gasteiger partial charge >= 0.3 is 0 Å². The van der Waals surface area contributed by atoms with Crippen molar-refractivity contribution in [1.82, 2.24) is 20.3 Å². The molecule has 1 N–H and O–H groups in total. The molecule has 0 bridgehead atoms. The summed E-state index contributed by atoms with van der Waals surface area (Å²) in [6.45, 7) is 10.9. The summed E-state index contributed by atoms with van der Waals surface area (Å²) in [5.74, 6) is 1.00. The summed E-state index contributed by atoms with van der Waals surface area (Å²) in [5, 5.41) is 7.64. The predicted octanol–water partition coefficient (Wildman–Crippen LogP) is 1.84. The maximum absolute atomic E-state index is 5.48. The summed E-state index contributed by atoms with van der Waals surface area (Å²) < 4.78 is 5.48. The largest absolute Gasteiger partial charge is 0.360 e. The Morgan fingerprint density at radius 3 is 2.86 bits per heavy atom. The van der Waals surface area contributed by atoms with Gasteiger partial charge in [-0.3, -0.25) is 9.80 Å². The Balaban J connectivity index is 1.45. The topological polar surface area (TPSA) is 44.5 Å². The fourth-order valence-electron chi connectivity index (χ4n) is 3.26. The van der Waals surface area contributed by atoms with E-state index in [4.69, 9.17) is 4.52 Å². The molecule has 5 nitrogen and oxygen atoms in total. The van der Waals surface area contributed by atoms with Crippen molar-refractivity contribution in [3.63, 3.8) is 0 Å².